The molecule has 7 rings (SSSR count). The topological polar surface area (TPSA) is 0 Å². The van der Waals surface area contributed by atoms with E-state index in [1.165, 1.54) is 64.6 Å². The van der Waals surface area contributed by atoms with Gasteiger partial charge in [0.25, 0.3) is 0 Å². The van der Waals surface area contributed by atoms with E-state index in [4.69, 9.17) is 0 Å². The maximum Gasteiger partial charge on any atom is -0.00201 e. The number of hydrogen-bond acceptors (Lipinski definition) is 0. The highest BCUT2D eigenvalue weighted by atomic mass is 14.1. The molecule has 0 N–H and O–H groups in total. The molecule has 0 spiro atoms. The van der Waals surface area contributed by atoms with Crippen LogP contribution in [0.1, 0.15) is 0 Å². The summed E-state index contributed by atoms with van der Waals surface area (Å²) in [4.78, 5) is 0. The van der Waals surface area contributed by atoms with E-state index >= 15 is 0 Å². The Balaban J connectivity index is 1.76. The first-order valence-corrected chi connectivity index (χ1v) is 10.5. The van der Waals surface area contributed by atoms with Gasteiger partial charge >= 0.3 is 0 Å². The van der Waals surface area contributed by atoms with E-state index in [0.29, 0.717) is 0 Å². The summed E-state index contributed by atoms with van der Waals surface area (Å²) in [6.07, 6.45) is 0. The molecule has 0 amide bonds. The third-order valence-electron chi connectivity index (χ3n) is 6.59. The normalized spacial score (nSPS) is 12.0. The van der Waals surface area contributed by atoms with Crippen LogP contribution in [0.25, 0.3) is 64.6 Å². The molecule has 7 aromatic carbocycles. The SMILES string of the molecule is c1ccc2c(c1)ccc1cc3c(ccc4c5ccccc5c5ccccc5c34)cc12. The summed E-state index contributed by atoms with van der Waals surface area (Å²) in [5.41, 5.74) is 0. The van der Waals surface area contributed by atoms with Crippen molar-refractivity contribution >= 4 is 64.6 Å². The van der Waals surface area contributed by atoms with Crippen molar-refractivity contribution in [3.8, 4) is 0 Å². The Bertz CT molecular complexity index is 1750. The summed E-state index contributed by atoms with van der Waals surface area (Å²) < 4.78 is 0. The van der Waals surface area contributed by atoms with Crippen LogP contribution in [-0.2, 0) is 0 Å². The van der Waals surface area contributed by atoms with Gasteiger partial charge in [-0.3, -0.25) is 0 Å². The monoisotopic (exact) mass is 378 g/mol. The van der Waals surface area contributed by atoms with E-state index < -0.39 is 0 Å². The Morgan fingerprint density at radius 1 is 0.267 bits per heavy atom. The second-order valence-corrected chi connectivity index (χ2v) is 8.16. The van der Waals surface area contributed by atoms with Crippen molar-refractivity contribution in [1.82, 2.24) is 0 Å². The van der Waals surface area contributed by atoms with Crippen molar-refractivity contribution in [2.45, 2.75) is 0 Å². The molecular formula is C30H18. The summed E-state index contributed by atoms with van der Waals surface area (Å²) >= 11 is 0. The molecule has 30 heavy (non-hydrogen) atoms. The molecule has 0 aliphatic heterocycles. The van der Waals surface area contributed by atoms with Crippen molar-refractivity contribution in [3.05, 3.63) is 109 Å². The third kappa shape index (κ3) is 2.06. The van der Waals surface area contributed by atoms with Gasteiger partial charge in [-0.2, -0.15) is 0 Å². The number of rotatable bonds is 0. The second kappa shape index (κ2) is 5.81. The second-order valence-electron chi connectivity index (χ2n) is 8.16. The van der Waals surface area contributed by atoms with Crippen molar-refractivity contribution in [3.63, 3.8) is 0 Å². The largest absolute Gasteiger partial charge is 0.0616 e. The maximum absolute atomic E-state index is 2.39. The molecule has 0 heterocycles. The van der Waals surface area contributed by atoms with Gasteiger partial charge in [0.05, 0.1) is 0 Å². The molecule has 0 saturated carbocycles. The van der Waals surface area contributed by atoms with Crippen LogP contribution in [-0.4, -0.2) is 0 Å². The van der Waals surface area contributed by atoms with Crippen LogP contribution in [0.15, 0.2) is 109 Å². The quantitative estimate of drug-likeness (QED) is 0.183. The van der Waals surface area contributed by atoms with Crippen molar-refractivity contribution < 1.29 is 0 Å². The van der Waals surface area contributed by atoms with E-state index in [0.717, 1.165) is 0 Å². The Labute approximate surface area is 174 Å². The lowest BCUT2D eigenvalue weighted by Crippen LogP contribution is -1.86. The van der Waals surface area contributed by atoms with Crippen LogP contribution in [0.3, 0.4) is 0 Å². The molecule has 138 valence electrons. The molecule has 0 unspecified atom stereocenters. The minimum atomic E-state index is 1.29. The first-order valence-electron chi connectivity index (χ1n) is 10.5. The molecule has 0 fully saturated rings. The van der Waals surface area contributed by atoms with Gasteiger partial charge in [-0.1, -0.05) is 97.1 Å². The minimum Gasteiger partial charge on any atom is -0.0616 e. The van der Waals surface area contributed by atoms with Crippen molar-refractivity contribution in [2.75, 3.05) is 0 Å². The lowest BCUT2D eigenvalue weighted by Gasteiger charge is -2.14. The van der Waals surface area contributed by atoms with Gasteiger partial charge in [-0.05, 0) is 76.8 Å². The average Bonchev–Trinajstić information content (AvgIpc) is 2.82. The average molecular weight is 378 g/mol. The van der Waals surface area contributed by atoms with Crippen LogP contribution in [0, 0.1) is 0 Å². The molecule has 0 saturated heterocycles. The molecule has 0 aliphatic carbocycles. The Morgan fingerprint density at radius 2 is 0.733 bits per heavy atom. The fourth-order valence-corrected chi connectivity index (χ4v) is 5.23. The summed E-state index contributed by atoms with van der Waals surface area (Å²) in [7, 11) is 0. The van der Waals surface area contributed by atoms with E-state index in [9.17, 15) is 0 Å². The summed E-state index contributed by atoms with van der Waals surface area (Å²) in [6, 6.07) is 40.1. The molecular weight excluding hydrogens is 360 g/mol. The molecule has 0 nitrogen and oxygen atoms in total. The zero-order valence-corrected chi connectivity index (χ0v) is 16.4. The number of hydrogen-bond donors (Lipinski definition) is 0. The van der Waals surface area contributed by atoms with Crippen LogP contribution in [0.4, 0.5) is 0 Å². The number of fused-ring (bicyclic) bond motifs is 11. The number of benzene rings is 7. The zero-order chi connectivity index (χ0) is 19.7. The fourth-order valence-electron chi connectivity index (χ4n) is 5.23. The Kier molecular flexibility index (Phi) is 3.09. The smallest absolute Gasteiger partial charge is 0.00201 e. The standard InChI is InChI=1S/C30H18/c1-2-8-22-19(7-1)13-14-20-18-29-21(17-28(20)22)15-16-27-25-11-4-3-9-23(25)24-10-5-6-12-26(24)30(27)29/h1-18H. The summed E-state index contributed by atoms with van der Waals surface area (Å²) in [5.74, 6) is 0. The fraction of sp³-hybridized carbons (Fsp3) is 0. The van der Waals surface area contributed by atoms with Gasteiger partial charge in [0.1, 0.15) is 0 Å². The predicted molar refractivity (Wildman–Crippen MR) is 131 cm³/mol. The van der Waals surface area contributed by atoms with Crippen LogP contribution < -0.4 is 0 Å². The first kappa shape index (κ1) is 16.0. The Hall–Kier alpha value is -3.90. The van der Waals surface area contributed by atoms with Crippen molar-refractivity contribution in [2.24, 2.45) is 0 Å². The Morgan fingerprint density at radius 3 is 1.50 bits per heavy atom. The van der Waals surface area contributed by atoms with Gasteiger partial charge in [0.2, 0.25) is 0 Å². The van der Waals surface area contributed by atoms with Gasteiger partial charge in [-0.15, -0.1) is 0 Å². The summed E-state index contributed by atoms with van der Waals surface area (Å²) in [5, 5.41) is 15.9. The molecule has 0 aliphatic rings. The highest BCUT2D eigenvalue weighted by molar-refractivity contribution is 6.32. The lowest BCUT2D eigenvalue weighted by atomic mass is 9.89. The summed E-state index contributed by atoms with van der Waals surface area (Å²) in [6.45, 7) is 0. The van der Waals surface area contributed by atoms with E-state index in [1.54, 1.807) is 0 Å². The molecule has 7 aromatic rings. The molecule has 0 radical (unpaired) electrons. The first-order chi connectivity index (χ1) is 14.9. The highest BCUT2D eigenvalue weighted by Gasteiger charge is 2.12. The van der Waals surface area contributed by atoms with Gasteiger partial charge in [0.15, 0.2) is 0 Å². The van der Waals surface area contributed by atoms with Crippen LogP contribution >= 0.6 is 0 Å². The maximum atomic E-state index is 2.39. The molecule has 0 heteroatoms. The van der Waals surface area contributed by atoms with Gasteiger partial charge < -0.3 is 0 Å². The van der Waals surface area contributed by atoms with E-state index in [1.807, 2.05) is 0 Å². The zero-order valence-electron chi connectivity index (χ0n) is 16.4. The van der Waals surface area contributed by atoms with Gasteiger partial charge in [0, 0.05) is 0 Å². The van der Waals surface area contributed by atoms with E-state index in [-0.39, 0.29) is 0 Å². The third-order valence-corrected chi connectivity index (χ3v) is 6.59. The highest BCUT2D eigenvalue weighted by Crippen LogP contribution is 2.40. The molecule has 0 bridgehead atoms. The predicted octanol–water partition coefficient (Wildman–Crippen LogP) is 8.61. The molecule has 0 aromatic heterocycles. The van der Waals surface area contributed by atoms with Crippen molar-refractivity contribution in [1.29, 1.82) is 0 Å². The molecule has 0 atom stereocenters. The van der Waals surface area contributed by atoms with Gasteiger partial charge in [-0.25, -0.2) is 0 Å². The lowest BCUT2D eigenvalue weighted by molar-refractivity contribution is 1.78. The van der Waals surface area contributed by atoms with Crippen LogP contribution in [0.2, 0.25) is 0 Å². The van der Waals surface area contributed by atoms with Crippen LogP contribution in [0.5, 0.6) is 0 Å². The van der Waals surface area contributed by atoms with E-state index in [2.05, 4.69) is 109 Å². The minimum absolute atomic E-state index is 1.29.